The molecule has 0 saturated heterocycles. The fourth-order valence-corrected chi connectivity index (χ4v) is 0.984. The van der Waals surface area contributed by atoms with Crippen molar-refractivity contribution in [2.45, 2.75) is 26.1 Å². The Morgan fingerprint density at radius 3 is 3.00 bits per heavy atom. The van der Waals surface area contributed by atoms with Crippen molar-refractivity contribution >= 4 is 0 Å². The van der Waals surface area contributed by atoms with E-state index in [0.717, 1.165) is 5.69 Å². The molecule has 0 radical (unpaired) electrons. The molecule has 4 heteroatoms. The van der Waals surface area contributed by atoms with E-state index >= 15 is 0 Å². The Balaban J connectivity index is 2.78. The molecule has 72 valence electrons. The van der Waals surface area contributed by atoms with Crippen LogP contribution in [-0.2, 0) is 11.3 Å². The van der Waals surface area contributed by atoms with Crippen molar-refractivity contribution in [3.8, 4) is 0 Å². The number of nitrogens with zero attached hydrogens (tertiary/aromatic N) is 2. The van der Waals surface area contributed by atoms with Crippen molar-refractivity contribution in [1.29, 1.82) is 0 Å². The molecule has 1 atom stereocenters. The van der Waals surface area contributed by atoms with E-state index in [4.69, 9.17) is 4.74 Å². The van der Waals surface area contributed by atoms with Gasteiger partial charge in [0.1, 0.15) is 6.10 Å². The third-order valence-corrected chi connectivity index (χ3v) is 1.71. The Morgan fingerprint density at radius 2 is 2.38 bits per heavy atom. The predicted octanol–water partition coefficient (Wildman–Crippen LogP) is 1.07. The van der Waals surface area contributed by atoms with E-state index in [2.05, 4.69) is 9.97 Å². The van der Waals surface area contributed by atoms with Gasteiger partial charge in [-0.1, -0.05) is 6.92 Å². The van der Waals surface area contributed by atoms with E-state index in [9.17, 15) is 5.11 Å². The van der Waals surface area contributed by atoms with Gasteiger partial charge in [0.05, 0.1) is 12.3 Å². The Hall–Kier alpha value is -1.00. The summed E-state index contributed by atoms with van der Waals surface area (Å²) < 4.78 is 4.92. The predicted molar refractivity (Wildman–Crippen MR) is 48.0 cm³/mol. The minimum atomic E-state index is -0.572. The first-order valence-corrected chi connectivity index (χ1v) is 4.26. The molecule has 0 fully saturated rings. The Bertz CT molecular complexity index is 266. The normalized spacial score (nSPS) is 12.8. The quantitative estimate of drug-likeness (QED) is 0.756. The van der Waals surface area contributed by atoms with Gasteiger partial charge in [0.2, 0.25) is 0 Å². The molecule has 1 rings (SSSR count). The number of aliphatic hydroxyl groups excluding tert-OH is 1. The van der Waals surface area contributed by atoms with Crippen LogP contribution in [0.25, 0.3) is 0 Å². The summed E-state index contributed by atoms with van der Waals surface area (Å²) in [6.07, 6.45) is 1.68. The lowest BCUT2D eigenvalue weighted by Crippen LogP contribution is -2.04. The van der Waals surface area contributed by atoms with E-state index in [0.29, 0.717) is 18.9 Å². The first-order chi connectivity index (χ1) is 6.27. The summed E-state index contributed by atoms with van der Waals surface area (Å²) in [4.78, 5) is 8.12. The van der Waals surface area contributed by atoms with Crippen molar-refractivity contribution < 1.29 is 9.84 Å². The zero-order chi connectivity index (χ0) is 9.68. The zero-order valence-electron chi connectivity index (χ0n) is 7.90. The van der Waals surface area contributed by atoms with Crippen LogP contribution in [0, 0.1) is 0 Å². The van der Waals surface area contributed by atoms with E-state index in [1.807, 2.05) is 6.92 Å². The summed E-state index contributed by atoms with van der Waals surface area (Å²) in [6.45, 7) is 2.34. The van der Waals surface area contributed by atoms with Crippen LogP contribution in [0.2, 0.25) is 0 Å². The highest BCUT2D eigenvalue weighted by Gasteiger charge is 2.07. The van der Waals surface area contributed by atoms with Crippen LogP contribution in [0.4, 0.5) is 0 Å². The third-order valence-electron chi connectivity index (χ3n) is 1.71. The molecule has 1 N–H and O–H groups in total. The summed E-state index contributed by atoms with van der Waals surface area (Å²) in [6, 6.07) is 1.77. The Morgan fingerprint density at radius 1 is 1.62 bits per heavy atom. The standard InChI is InChI=1S/C9H14N2O2/c1-3-8(12)9-10-5-4-7(11-9)6-13-2/h4-5,8,12H,3,6H2,1-2H3. The fourth-order valence-electron chi connectivity index (χ4n) is 0.984. The number of aromatic nitrogens is 2. The van der Waals surface area contributed by atoms with E-state index in [1.165, 1.54) is 0 Å². The molecule has 0 aliphatic heterocycles. The molecule has 1 aromatic rings. The molecular weight excluding hydrogens is 168 g/mol. The summed E-state index contributed by atoms with van der Waals surface area (Å²) in [5, 5.41) is 9.46. The second kappa shape index (κ2) is 4.89. The van der Waals surface area contributed by atoms with Crippen LogP contribution in [0.3, 0.4) is 0 Å². The minimum Gasteiger partial charge on any atom is -0.385 e. The molecule has 0 aliphatic rings. The molecule has 4 nitrogen and oxygen atoms in total. The molecule has 1 unspecified atom stereocenters. The van der Waals surface area contributed by atoms with Crippen LogP contribution < -0.4 is 0 Å². The maximum atomic E-state index is 9.46. The van der Waals surface area contributed by atoms with Gasteiger partial charge in [0.15, 0.2) is 5.82 Å². The molecule has 1 aromatic heterocycles. The van der Waals surface area contributed by atoms with Gasteiger partial charge in [0.25, 0.3) is 0 Å². The number of rotatable bonds is 4. The third kappa shape index (κ3) is 2.75. The highest BCUT2D eigenvalue weighted by Crippen LogP contribution is 2.10. The summed E-state index contributed by atoms with van der Waals surface area (Å²) in [5.74, 6) is 0.469. The molecule has 0 bridgehead atoms. The second-order valence-electron chi connectivity index (χ2n) is 2.76. The fraction of sp³-hybridized carbons (Fsp3) is 0.556. The van der Waals surface area contributed by atoms with Gasteiger partial charge in [-0.3, -0.25) is 0 Å². The second-order valence-corrected chi connectivity index (χ2v) is 2.76. The number of hydrogen-bond donors (Lipinski definition) is 1. The number of methoxy groups -OCH3 is 1. The van der Waals surface area contributed by atoms with E-state index in [-0.39, 0.29) is 0 Å². The van der Waals surface area contributed by atoms with Gasteiger partial charge >= 0.3 is 0 Å². The van der Waals surface area contributed by atoms with Gasteiger partial charge < -0.3 is 9.84 Å². The minimum absolute atomic E-state index is 0.450. The van der Waals surface area contributed by atoms with Gasteiger partial charge in [-0.05, 0) is 12.5 Å². The van der Waals surface area contributed by atoms with Crippen LogP contribution in [0.5, 0.6) is 0 Å². The molecule has 0 amide bonds. The lowest BCUT2D eigenvalue weighted by molar-refractivity contribution is 0.158. The van der Waals surface area contributed by atoms with Crippen molar-refractivity contribution in [3.05, 3.63) is 23.8 Å². The van der Waals surface area contributed by atoms with Crippen molar-refractivity contribution in [2.75, 3.05) is 7.11 Å². The molecular formula is C9H14N2O2. The summed E-state index contributed by atoms with van der Waals surface area (Å²) in [5.41, 5.74) is 0.792. The first kappa shape index (κ1) is 10.1. The van der Waals surface area contributed by atoms with Crippen molar-refractivity contribution in [3.63, 3.8) is 0 Å². The molecule has 13 heavy (non-hydrogen) atoms. The number of ether oxygens (including phenoxy) is 1. The first-order valence-electron chi connectivity index (χ1n) is 4.26. The van der Waals surface area contributed by atoms with Gasteiger partial charge in [-0.15, -0.1) is 0 Å². The van der Waals surface area contributed by atoms with Crippen molar-refractivity contribution in [2.24, 2.45) is 0 Å². The maximum absolute atomic E-state index is 9.46. The SMILES string of the molecule is CCC(O)c1nccc(COC)n1. The number of hydrogen-bond acceptors (Lipinski definition) is 4. The molecule has 0 aromatic carbocycles. The average molecular weight is 182 g/mol. The molecule has 0 aliphatic carbocycles. The summed E-state index contributed by atoms with van der Waals surface area (Å²) >= 11 is 0. The van der Waals surface area contributed by atoms with Crippen LogP contribution in [0.15, 0.2) is 12.3 Å². The molecule has 0 saturated carbocycles. The smallest absolute Gasteiger partial charge is 0.157 e. The zero-order valence-corrected chi connectivity index (χ0v) is 7.90. The van der Waals surface area contributed by atoms with Crippen LogP contribution in [-0.4, -0.2) is 22.2 Å². The largest absolute Gasteiger partial charge is 0.385 e. The van der Waals surface area contributed by atoms with Gasteiger partial charge in [-0.25, -0.2) is 9.97 Å². The highest BCUT2D eigenvalue weighted by molar-refractivity contribution is 5.02. The Labute approximate surface area is 77.6 Å². The van der Waals surface area contributed by atoms with Crippen LogP contribution in [0.1, 0.15) is 31.0 Å². The molecule has 0 spiro atoms. The highest BCUT2D eigenvalue weighted by atomic mass is 16.5. The van der Waals surface area contributed by atoms with Crippen molar-refractivity contribution in [1.82, 2.24) is 9.97 Å². The monoisotopic (exact) mass is 182 g/mol. The summed E-state index contributed by atoms with van der Waals surface area (Å²) in [7, 11) is 1.61. The van der Waals surface area contributed by atoms with Crippen LogP contribution >= 0.6 is 0 Å². The van der Waals surface area contributed by atoms with Gasteiger partial charge in [0, 0.05) is 13.3 Å². The van der Waals surface area contributed by atoms with E-state index in [1.54, 1.807) is 19.4 Å². The maximum Gasteiger partial charge on any atom is 0.157 e. The average Bonchev–Trinajstić information content (AvgIpc) is 2.18. The topological polar surface area (TPSA) is 55.2 Å². The van der Waals surface area contributed by atoms with Gasteiger partial charge in [-0.2, -0.15) is 0 Å². The Kier molecular flexibility index (Phi) is 3.79. The number of aliphatic hydroxyl groups is 1. The van der Waals surface area contributed by atoms with E-state index < -0.39 is 6.10 Å². The lowest BCUT2D eigenvalue weighted by atomic mass is 10.2. The molecule has 1 heterocycles. The lowest BCUT2D eigenvalue weighted by Gasteiger charge is -2.06.